The molecule has 0 bridgehead atoms. The maximum absolute atomic E-state index is 13.5. The first-order valence-electron chi connectivity index (χ1n) is 5.57. The van der Waals surface area contributed by atoms with Crippen LogP contribution in [0.1, 0.15) is 12.5 Å². The van der Waals surface area contributed by atoms with Gasteiger partial charge in [-0.2, -0.15) is 0 Å². The Morgan fingerprint density at radius 1 is 1.33 bits per heavy atom. The number of methoxy groups -OCH3 is 1. The van der Waals surface area contributed by atoms with E-state index >= 15 is 0 Å². The van der Waals surface area contributed by atoms with Crippen LogP contribution in [0.5, 0.6) is 5.75 Å². The molecule has 1 amide bonds. The number of benzene rings is 1. The van der Waals surface area contributed by atoms with Crippen LogP contribution in [0, 0.1) is 11.6 Å². The van der Waals surface area contributed by atoms with E-state index < -0.39 is 11.6 Å². The molecule has 0 saturated heterocycles. The van der Waals surface area contributed by atoms with Crippen LogP contribution in [0.3, 0.4) is 0 Å². The Balaban J connectivity index is 2.62. The molecular weight excluding hydrogens is 242 g/mol. The summed E-state index contributed by atoms with van der Waals surface area (Å²) in [5.74, 6) is -1.70. The molecule has 0 atom stereocenters. The fourth-order valence-electron chi connectivity index (χ4n) is 1.36. The largest absolute Gasteiger partial charge is 0.494 e. The van der Waals surface area contributed by atoms with E-state index in [-0.39, 0.29) is 30.3 Å². The lowest BCUT2D eigenvalue weighted by Gasteiger charge is -2.09. The highest BCUT2D eigenvalue weighted by molar-refractivity contribution is 5.77. The van der Waals surface area contributed by atoms with Crippen molar-refractivity contribution in [2.24, 2.45) is 0 Å². The van der Waals surface area contributed by atoms with Crippen LogP contribution in [0.2, 0.25) is 0 Å². The van der Waals surface area contributed by atoms with Crippen LogP contribution in [-0.2, 0) is 11.3 Å². The Kier molecular flexibility index (Phi) is 5.51. The third-order valence-electron chi connectivity index (χ3n) is 2.33. The molecule has 100 valence electrons. The van der Waals surface area contributed by atoms with Gasteiger partial charge in [0.1, 0.15) is 5.82 Å². The number of rotatable bonds is 6. The Labute approximate surface area is 104 Å². The van der Waals surface area contributed by atoms with E-state index in [0.717, 1.165) is 12.1 Å². The van der Waals surface area contributed by atoms with E-state index in [1.54, 1.807) is 0 Å². The normalized spacial score (nSPS) is 10.2. The maximum atomic E-state index is 13.5. The summed E-state index contributed by atoms with van der Waals surface area (Å²) in [5, 5.41) is 5.32. The van der Waals surface area contributed by atoms with Crippen molar-refractivity contribution >= 4 is 5.91 Å². The number of likely N-dealkylation sites (N-methyl/N-ethyl adjacent to an activating group) is 1. The van der Waals surface area contributed by atoms with Crippen LogP contribution in [0.15, 0.2) is 12.1 Å². The van der Waals surface area contributed by atoms with Crippen molar-refractivity contribution in [1.82, 2.24) is 10.6 Å². The predicted octanol–water partition coefficient (Wildman–Crippen LogP) is 1.20. The van der Waals surface area contributed by atoms with Crippen molar-refractivity contribution in [3.63, 3.8) is 0 Å². The highest BCUT2D eigenvalue weighted by Gasteiger charge is 2.11. The molecule has 0 spiro atoms. The number of amides is 1. The molecular formula is C12H16F2N2O2. The smallest absolute Gasteiger partial charge is 0.234 e. The van der Waals surface area contributed by atoms with E-state index in [0.29, 0.717) is 6.54 Å². The number of nitrogens with one attached hydrogen (secondary N) is 2. The first-order valence-corrected chi connectivity index (χ1v) is 5.57. The summed E-state index contributed by atoms with van der Waals surface area (Å²) in [6, 6.07) is 1.98. The van der Waals surface area contributed by atoms with Gasteiger partial charge in [-0.25, -0.2) is 8.78 Å². The van der Waals surface area contributed by atoms with Gasteiger partial charge in [0.2, 0.25) is 5.91 Å². The lowest BCUT2D eigenvalue weighted by atomic mass is 10.2. The third-order valence-corrected chi connectivity index (χ3v) is 2.33. The molecule has 1 rings (SSSR count). The minimum atomic E-state index is -0.658. The van der Waals surface area contributed by atoms with Gasteiger partial charge in [-0.3, -0.25) is 4.79 Å². The molecule has 4 nitrogen and oxygen atoms in total. The molecule has 1 aromatic rings. The van der Waals surface area contributed by atoms with Crippen LogP contribution < -0.4 is 15.4 Å². The Hall–Kier alpha value is -1.69. The van der Waals surface area contributed by atoms with Crippen LogP contribution in [-0.4, -0.2) is 26.1 Å². The monoisotopic (exact) mass is 258 g/mol. The lowest BCUT2D eigenvalue weighted by Crippen LogP contribution is -2.33. The fraction of sp³-hybridized carbons (Fsp3) is 0.417. The van der Waals surface area contributed by atoms with Crippen molar-refractivity contribution in [2.45, 2.75) is 13.5 Å². The number of hydrogen-bond acceptors (Lipinski definition) is 3. The van der Waals surface area contributed by atoms with Crippen LogP contribution in [0.25, 0.3) is 0 Å². The van der Waals surface area contributed by atoms with Crippen molar-refractivity contribution < 1.29 is 18.3 Å². The predicted molar refractivity (Wildman–Crippen MR) is 63.3 cm³/mol. The Morgan fingerprint density at radius 3 is 2.67 bits per heavy atom. The Bertz CT molecular complexity index is 425. The maximum Gasteiger partial charge on any atom is 0.234 e. The summed E-state index contributed by atoms with van der Waals surface area (Å²) in [7, 11) is 1.26. The molecule has 0 heterocycles. The van der Waals surface area contributed by atoms with E-state index in [1.807, 2.05) is 6.92 Å². The molecule has 6 heteroatoms. The molecule has 0 saturated carbocycles. The van der Waals surface area contributed by atoms with E-state index in [1.165, 1.54) is 7.11 Å². The molecule has 2 N–H and O–H groups in total. The van der Waals surface area contributed by atoms with Gasteiger partial charge >= 0.3 is 0 Å². The first-order chi connectivity index (χ1) is 8.58. The number of ether oxygens (including phenoxy) is 1. The average molecular weight is 258 g/mol. The van der Waals surface area contributed by atoms with Crippen molar-refractivity contribution in [3.8, 4) is 5.75 Å². The van der Waals surface area contributed by atoms with Gasteiger partial charge in [-0.15, -0.1) is 0 Å². The molecule has 1 aromatic carbocycles. The first kappa shape index (κ1) is 14.4. The summed E-state index contributed by atoms with van der Waals surface area (Å²) in [4.78, 5) is 11.3. The summed E-state index contributed by atoms with van der Waals surface area (Å²) in [6.45, 7) is 2.62. The highest BCUT2D eigenvalue weighted by Crippen LogP contribution is 2.20. The molecule has 0 aliphatic heterocycles. The minimum absolute atomic E-state index is 0.0586. The molecule has 0 aliphatic carbocycles. The Morgan fingerprint density at radius 2 is 2.06 bits per heavy atom. The summed E-state index contributed by atoms with van der Waals surface area (Å²) in [5.41, 5.74) is 0.0816. The van der Waals surface area contributed by atoms with Gasteiger partial charge in [0.05, 0.1) is 13.7 Å². The molecule has 0 unspecified atom stereocenters. The van der Waals surface area contributed by atoms with Gasteiger partial charge in [0.25, 0.3) is 0 Å². The van der Waals surface area contributed by atoms with Gasteiger partial charge < -0.3 is 15.4 Å². The molecule has 0 aromatic heterocycles. The highest BCUT2D eigenvalue weighted by atomic mass is 19.1. The number of halogens is 2. The number of carbonyl (C=O) groups excluding carboxylic acids is 1. The van der Waals surface area contributed by atoms with E-state index in [2.05, 4.69) is 15.4 Å². The SMILES string of the molecule is CCNCC(=O)NCc1cc(F)c(OC)cc1F. The van der Waals surface area contributed by atoms with Crippen molar-refractivity contribution in [3.05, 3.63) is 29.3 Å². The lowest BCUT2D eigenvalue weighted by molar-refractivity contribution is -0.120. The standard InChI is InChI=1S/C12H16F2N2O2/c1-3-15-7-12(17)16-6-8-4-10(14)11(18-2)5-9(8)13/h4-5,15H,3,6-7H2,1-2H3,(H,16,17). The van der Waals surface area contributed by atoms with Gasteiger partial charge in [-0.05, 0) is 12.6 Å². The van der Waals surface area contributed by atoms with Crippen molar-refractivity contribution in [2.75, 3.05) is 20.2 Å². The van der Waals surface area contributed by atoms with Crippen LogP contribution in [0.4, 0.5) is 8.78 Å². The summed E-state index contributed by atoms with van der Waals surface area (Å²) in [6.07, 6.45) is 0. The zero-order valence-electron chi connectivity index (χ0n) is 10.3. The molecule has 0 fully saturated rings. The van der Waals surface area contributed by atoms with E-state index in [9.17, 15) is 13.6 Å². The number of carbonyl (C=O) groups is 1. The summed E-state index contributed by atoms with van der Waals surface area (Å²) >= 11 is 0. The van der Waals surface area contributed by atoms with Gasteiger partial charge in [0, 0.05) is 18.2 Å². The topological polar surface area (TPSA) is 50.4 Å². The zero-order valence-corrected chi connectivity index (χ0v) is 10.3. The zero-order chi connectivity index (χ0) is 13.5. The average Bonchev–Trinajstić information content (AvgIpc) is 2.36. The second-order valence-electron chi connectivity index (χ2n) is 3.64. The second-order valence-corrected chi connectivity index (χ2v) is 3.64. The quantitative estimate of drug-likeness (QED) is 0.806. The van der Waals surface area contributed by atoms with Crippen LogP contribution >= 0.6 is 0 Å². The summed E-state index contributed by atoms with van der Waals surface area (Å²) < 4.78 is 31.5. The molecule has 0 radical (unpaired) electrons. The van der Waals surface area contributed by atoms with E-state index in [4.69, 9.17) is 0 Å². The molecule has 18 heavy (non-hydrogen) atoms. The van der Waals surface area contributed by atoms with Gasteiger partial charge in [-0.1, -0.05) is 6.92 Å². The second kappa shape index (κ2) is 6.90. The molecule has 0 aliphatic rings. The third kappa shape index (κ3) is 3.96. The van der Waals surface area contributed by atoms with Crippen molar-refractivity contribution in [1.29, 1.82) is 0 Å². The number of hydrogen-bond donors (Lipinski definition) is 2. The fourth-order valence-corrected chi connectivity index (χ4v) is 1.36. The minimum Gasteiger partial charge on any atom is -0.494 e. The van der Waals surface area contributed by atoms with Gasteiger partial charge in [0.15, 0.2) is 11.6 Å².